The van der Waals surface area contributed by atoms with Crippen molar-refractivity contribution < 1.29 is 4.79 Å². The van der Waals surface area contributed by atoms with Gasteiger partial charge in [-0.3, -0.25) is 10.1 Å². The Balaban J connectivity index is 2.29. The molecule has 0 bridgehead atoms. The van der Waals surface area contributed by atoms with Crippen LogP contribution in [0.25, 0.3) is 0 Å². The molecule has 1 heterocycles. The molecule has 1 aliphatic rings. The lowest BCUT2D eigenvalue weighted by Gasteiger charge is -2.33. The summed E-state index contributed by atoms with van der Waals surface area (Å²) in [5.74, 6) is -0.889. The molecular formula is C12H13N3OS. The largest absolute Gasteiger partial charge is 0.331 e. The van der Waals surface area contributed by atoms with Crippen LogP contribution in [-0.2, 0) is 4.79 Å². The van der Waals surface area contributed by atoms with Gasteiger partial charge in [0.2, 0.25) is 5.91 Å². The Bertz CT molecular complexity index is 443. The zero-order valence-corrected chi connectivity index (χ0v) is 10.2. The topological polar surface area (TPSA) is 64.9 Å². The first-order valence-corrected chi connectivity index (χ1v) is 6.59. The number of rotatable bonds is 2. The van der Waals surface area contributed by atoms with E-state index in [4.69, 9.17) is 5.26 Å². The van der Waals surface area contributed by atoms with Gasteiger partial charge in [0.1, 0.15) is 11.4 Å². The highest BCUT2D eigenvalue weighted by atomic mass is 32.2. The number of carbonyl (C=O) groups is 1. The lowest BCUT2D eigenvalue weighted by molar-refractivity contribution is -0.126. The van der Waals surface area contributed by atoms with Crippen LogP contribution in [0.3, 0.4) is 0 Å². The highest BCUT2D eigenvalue weighted by Crippen LogP contribution is 2.27. The number of hydrogen-bond donors (Lipinski definition) is 2. The number of amides is 1. The number of nitriles is 1. The number of benzene rings is 1. The predicted molar refractivity (Wildman–Crippen MR) is 66.9 cm³/mol. The molecule has 3 unspecified atom stereocenters. The summed E-state index contributed by atoms with van der Waals surface area (Å²) in [5.41, 5.74) is 0.824. The molecule has 5 heteroatoms. The predicted octanol–water partition coefficient (Wildman–Crippen LogP) is 1.23. The van der Waals surface area contributed by atoms with Gasteiger partial charge in [-0.05, 0) is 11.8 Å². The van der Waals surface area contributed by atoms with E-state index in [1.54, 1.807) is 0 Å². The molecule has 17 heavy (non-hydrogen) atoms. The zero-order chi connectivity index (χ0) is 12.3. The number of carbonyl (C=O) groups excluding carboxylic acids is 1. The Morgan fingerprint density at radius 2 is 2.06 bits per heavy atom. The average Bonchev–Trinajstić information content (AvgIpc) is 2.38. The van der Waals surface area contributed by atoms with Crippen molar-refractivity contribution in [3.63, 3.8) is 0 Å². The van der Waals surface area contributed by atoms with Gasteiger partial charge in [0.15, 0.2) is 0 Å². The smallest absolute Gasteiger partial charge is 0.241 e. The summed E-state index contributed by atoms with van der Waals surface area (Å²) in [6.45, 7) is 0. The van der Waals surface area contributed by atoms with Crippen LogP contribution >= 0.6 is 11.8 Å². The van der Waals surface area contributed by atoms with Crippen molar-refractivity contribution in [1.29, 1.82) is 5.26 Å². The normalized spacial score (nSPS) is 28.2. The number of hydrogen-bond acceptors (Lipinski definition) is 4. The Kier molecular flexibility index (Phi) is 3.67. The molecule has 4 nitrogen and oxygen atoms in total. The molecule has 0 aromatic heterocycles. The first kappa shape index (κ1) is 12.0. The van der Waals surface area contributed by atoms with Crippen molar-refractivity contribution in [3.05, 3.63) is 35.9 Å². The molecule has 0 aliphatic carbocycles. The summed E-state index contributed by atoms with van der Waals surface area (Å²) in [6, 6.07) is 11.4. The second kappa shape index (κ2) is 5.21. The molecule has 2 N–H and O–H groups in total. The van der Waals surface area contributed by atoms with E-state index in [2.05, 4.69) is 16.7 Å². The number of nitrogens with zero attached hydrogens (tertiary/aromatic N) is 1. The summed E-state index contributed by atoms with van der Waals surface area (Å²) in [7, 11) is 0. The zero-order valence-electron chi connectivity index (χ0n) is 9.38. The lowest BCUT2D eigenvalue weighted by Crippen LogP contribution is -2.55. The van der Waals surface area contributed by atoms with Crippen LogP contribution in [-0.4, -0.2) is 17.7 Å². The van der Waals surface area contributed by atoms with Crippen LogP contribution in [0.2, 0.25) is 0 Å². The maximum Gasteiger partial charge on any atom is 0.241 e. The second-order valence-electron chi connectivity index (χ2n) is 3.79. The van der Waals surface area contributed by atoms with E-state index in [1.165, 1.54) is 11.8 Å². The summed E-state index contributed by atoms with van der Waals surface area (Å²) in [6.07, 6.45) is 1.91. The maximum atomic E-state index is 11.8. The summed E-state index contributed by atoms with van der Waals surface area (Å²) in [5, 5.41) is 15.1. The van der Waals surface area contributed by atoms with Gasteiger partial charge in [-0.25, -0.2) is 0 Å². The van der Waals surface area contributed by atoms with Crippen LogP contribution in [0.15, 0.2) is 30.3 Å². The third kappa shape index (κ3) is 2.43. The number of thioether (sulfide) groups is 1. The summed E-state index contributed by atoms with van der Waals surface area (Å²) >= 11 is 1.51. The van der Waals surface area contributed by atoms with E-state index in [0.717, 1.165) is 5.56 Å². The highest BCUT2D eigenvalue weighted by molar-refractivity contribution is 7.99. The van der Waals surface area contributed by atoms with Crippen LogP contribution in [0.5, 0.6) is 0 Å². The first-order valence-electron chi connectivity index (χ1n) is 5.30. The molecular weight excluding hydrogens is 234 g/mol. The summed E-state index contributed by atoms with van der Waals surface area (Å²) in [4.78, 5) is 11.8. The molecule has 3 atom stereocenters. The van der Waals surface area contributed by atoms with E-state index in [9.17, 15) is 4.79 Å². The second-order valence-corrected chi connectivity index (χ2v) is 4.73. The average molecular weight is 247 g/mol. The minimum atomic E-state index is -0.680. The van der Waals surface area contributed by atoms with Crippen LogP contribution in [0.4, 0.5) is 0 Å². The lowest BCUT2D eigenvalue weighted by atomic mass is 9.92. The fourth-order valence-corrected chi connectivity index (χ4v) is 2.40. The fraction of sp³-hybridized carbons (Fsp3) is 0.333. The molecule has 2 rings (SSSR count). The highest BCUT2D eigenvalue weighted by Gasteiger charge is 2.36. The third-order valence-electron chi connectivity index (χ3n) is 2.75. The molecule has 1 aliphatic heterocycles. The van der Waals surface area contributed by atoms with Crippen molar-refractivity contribution in [2.75, 3.05) is 6.26 Å². The van der Waals surface area contributed by atoms with E-state index in [1.807, 2.05) is 36.6 Å². The number of nitrogens with one attached hydrogen (secondary N) is 2. The van der Waals surface area contributed by atoms with Crippen LogP contribution in [0, 0.1) is 17.2 Å². The molecule has 88 valence electrons. The SMILES string of the molecule is CSC1NC(=O)C(C#N)C(c2ccccc2)N1. The van der Waals surface area contributed by atoms with Crippen molar-refractivity contribution in [3.8, 4) is 6.07 Å². The minimum absolute atomic E-state index is 0.141. The van der Waals surface area contributed by atoms with Crippen molar-refractivity contribution >= 4 is 17.7 Å². The third-order valence-corrected chi connectivity index (χ3v) is 3.48. The summed E-state index contributed by atoms with van der Waals surface area (Å²) < 4.78 is 0. The Labute approximate surface area is 104 Å². The molecule has 0 saturated carbocycles. The van der Waals surface area contributed by atoms with E-state index in [0.29, 0.717) is 0 Å². The Morgan fingerprint density at radius 1 is 1.35 bits per heavy atom. The van der Waals surface area contributed by atoms with Gasteiger partial charge in [-0.1, -0.05) is 30.3 Å². The van der Waals surface area contributed by atoms with E-state index < -0.39 is 5.92 Å². The van der Waals surface area contributed by atoms with Gasteiger partial charge in [0, 0.05) is 0 Å². The molecule has 0 radical (unpaired) electrons. The molecule has 1 aromatic carbocycles. The van der Waals surface area contributed by atoms with Gasteiger partial charge in [-0.15, -0.1) is 11.8 Å². The Hall–Kier alpha value is -1.51. The standard InChI is InChI=1S/C12H13N3OS/c1-17-12-14-10(8-5-3-2-4-6-8)9(7-13)11(16)15-12/h2-6,9-10,12,14H,1H3,(H,15,16). The van der Waals surface area contributed by atoms with Gasteiger partial charge in [0.25, 0.3) is 0 Å². The maximum absolute atomic E-state index is 11.8. The van der Waals surface area contributed by atoms with Gasteiger partial charge in [-0.2, -0.15) is 5.26 Å². The van der Waals surface area contributed by atoms with Gasteiger partial charge < -0.3 is 5.32 Å². The quantitative estimate of drug-likeness (QED) is 0.825. The molecule has 1 amide bonds. The van der Waals surface area contributed by atoms with E-state index >= 15 is 0 Å². The van der Waals surface area contributed by atoms with Gasteiger partial charge in [0.05, 0.1) is 12.1 Å². The molecule has 1 aromatic rings. The van der Waals surface area contributed by atoms with Crippen LogP contribution in [0.1, 0.15) is 11.6 Å². The minimum Gasteiger partial charge on any atom is -0.331 e. The first-order chi connectivity index (χ1) is 8.26. The Morgan fingerprint density at radius 3 is 2.65 bits per heavy atom. The van der Waals surface area contributed by atoms with Crippen molar-refractivity contribution in [1.82, 2.24) is 10.6 Å². The van der Waals surface area contributed by atoms with Crippen molar-refractivity contribution in [2.45, 2.75) is 11.5 Å². The van der Waals surface area contributed by atoms with E-state index in [-0.39, 0.29) is 17.4 Å². The van der Waals surface area contributed by atoms with Gasteiger partial charge >= 0.3 is 0 Å². The molecule has 1 fully saturated rings. The van der Waals surface area contributed by atoms with Crippen molar-refractivity contribution in [2.24, 2.45) is 5.92 Å². The van der Waals surface area contributed by atoms with Crippen LogP contribution < -0.4 is 10.6 Å². The monoisotopic (exact) mass is 247 g/mol. The molecule has 0 spiro atoms. The molecule has 1 saturated heterocycles. The fourth-order valence-electron chi connectivity index (χ4n) is 1.88.